The molecule has 4 heteroatoms. The van der Waals surface area contributed by atoms with Crippen LogP contribution in [-0.2, 0) is 9.53 Å². The zero-order valence-electron chi connectivity index (χ0n) is 11.4. The van der Waals surface area contributed by atoms with Crippen molar-refractivity contribution in [2.75, 3.05) is 6.61 Å². The van der Waals surface area contributed by atoms with Gasteiger partial charge in [-0.2, -0.15) is 0 Å². The van der Waals surface area contributed by atoms with Gasteiger partial charge in [0.1, 0.15) is 0 Å². The minimum absolute atomic E-state index is 0.345. The monoisotopic (exact) mass is 256 g/mol. The van der Waals surface area contributed by atoms with Crippen LogP contribution in [0.25, 0.3) is 0 Å². The predicted octanol–water partition coefficient (Wildman–Crippen LogP) is 1.96. The van der Waals surface area contributed by atoms with Crippen molar-refractivity contribution in [1.82, 2.24) is 0 Å². The molecule has 0 rings (SSSR count). The van der Waals surface area contributed by atoms with Gasteiger partial charge in [-0.05, 0) is 20.3 Å². The molecule has 4 nitrogen and oxygen atoms in total. The fourth-order valence-corrected chi connectivity index (χ4v) is 1.17. The Kier molecular flexibility index (Phi) is 9.24. The molecule has 0 aromatic heterocycles. The third-order valence-corrected chi connectivity index (χ3v) is 2.45. The number of esters is 1. The predicted molar refractivity (Wildman–Crippen MR) is 71.1 cm³/mol. The van der Waals surface area contributed by atoms with Crippen LogP contribution in [0.4, 0.5) is 0 Å². The van der Waals surface area contributed by atoms with Crippen LogP contribution in [0.5, 0.6) is 0 Å². The first-order valence-electron chi connectivity index (χ1n) is 6.37. The van der Waals surface area contributed by atoms with E-state index in [1.807, 2.05) is 0 Å². The molecule has 0 aliphatic rings. The Hall–Kier alpha value is -1.13. The van der Waals surface area contributed by atoms with Crippen LogP contribution in [-0.4, -0.2) is 35.0 Å². The van der Waals surface area contributed by atoms with Crippen molar-refractivity contribution in [2.45, 2.75) is 52.2 Å². The van der Waals surface area contributed by atoms with Gasteiger partial charge < -0.3 is 14.9 Å². The summed E-state index contributed by atoms with van der Waals surface area (Å²) in [5.74, 6) is -0.345. The number of hydrogen-bond acceptors (Lipinski definition) is 4. The lowest BCUT2D eigenvalue weighted by Crippen LogP contribution is -2.19. The zero-order valence-corrected chi connectivity index (χ0v) is 11.4. The van der Waals surface area contributed by atoms with Gasteiger partial charge in [0.2, 0.25) is 0 Å². The number of carbonyl (C=O) groups excluding carboxylic acids is 1. The van der Waals surface area contributed by atoms with Crippen LogP contribution >= 0.6 is 0 Å². The number of aliphatic hydroxyl groups is 2. The lowest BCUT2D eigenvalue weighted by Gasteiger charge is -2.07. The van der Waals surface area contributed by atoms with Gasteiger partial charge >= 0.3 is 5.97 Å². The highest BCUT2D eigenvalue weighted by Gasteiger charge is 2.06. The van der Waals surface area contributed by atoms with Crippen molar-refractivity contribution < 1.29 is 19.7 Å². The van der Waals surface area contributed by atoms with Gasteiger partial charge in [0.05, 0.1) is 18.8 Å². The standard InChI is InChI=1S/C14H24O4/c1-4-5-6-10-18-14(17)11(2)8-7-9-13(16)12(3)15/h7-9,12-13,15-16H,4-6,10H2,1-3H3/b9-7+,11-8+/t12-,13-/m0/s1. The average molecular weight is 256 g/mol. The van der Waals surface area contributed by atoms with Crippen LogP contribution in [0, 0.1) is 0 Å². The Bertz CT molecular complexity index is 292. The molecule has 0 fully saturated rings. The smallest absolute Gasteiger partial charge is 0.333 e. The molecular weight excluding hydrogens is 232 g/mol. The van der Waals surface area contributed by atoms with Gasteiger partial charge in [-0.15, -0.1) is 0 Å². The van der Waals surface area contributed by atoms with E-state index in [4.69, 9.17) is 9.84 Å². The van der Waals surface area contributed by atoms with Gasteiger partial charge in [-0.1, -0.05) is 38.0 Å². The zero-order chi connectivity index (χ0) is 14.0. The van der Waals surface area contributed by atoms with E-state index in [-0.39, 0.29) is 5.97 Å². The van der Waals surface area contributed by atoms with Gasteiger partial charge in [-0.3, -0.25) is 0 Å². The molecule has 0 radical (unpaired) electrons. The van der Waals surface area contributed by atoms with E-state index in [2.05, 4.69) is 6.92 Å². The molecule has 0 saturated heterocycles. The molecule has 0 aliphatic heterocycles. The van der Waals surface area contributed by atoms with Crippen molar-refractivity contribution in [3.63, 3.8) is 0 Å². The highest BCUT2D eigenvalue weighted by Crippen LogP contribution is 2.01. The first-order chi connectivity index (χ1) is 8.49. The Labute approximate surface area is 109 Å². The second kappa shape index (κ2) is 9.85. The molecule has 2 atom stereocenters. The highest BCUT2D eigenvalue weighted by molar-refractivity contribution is 5.88. The molecule has 0 aliphatic carbocycles. The summed E-state index contributed by atoms with van der Waals surface area (Å²) in [5, 5.41) is 18.3. The first kappa shape index (κ1) is 16.9. The minimum atomic E-state index is -0.922. The molecule has 0 bridgehead atoms. The molecule has 0 aromatic carbocycles. The van der Waals surface area contributed by atoms with E-state index in [1.54, 1.807) is 19.1 Å². The summed E-state index contributed by atoms with van der Waals surface area (Å²) >= 11 is 0. The molecule has 0 heterocycles. The molecule has 0 amide bonds. The summed E-state index contributed by atoms with van der Waals surface area (Å²) in [4.78, 5) is 11.5. The number of allylic oxidation sites excluding steroid dienone is 2. The van der Waals surface area contributed by atoms with Crippen LogP contribution in [0.15, 0.2) is 23.8 Å². The quantitative estimate of drug-likeness (QED) is 0.301. The summed E-state index contributed by atoms with van der Waals surface area (Å²) in [5.41, 5.74) is 0.473. The number of carbonyl (C=O) groups is 1. The minimum Gasteiger partial charge on any atom is -0.462 e. The molecule has 18 heavy (non-hydrogen) atoms. The number of hydrogen-bond donors (Lipinski definition) is 2. The first-order valence-corrected chi connectivity index (χ1v) is 6.37. The van der Waals surface area contributed by atoms with Gasteiger partial charge in [0, 0.05) is 5.57 Å². The maximum Gasteiger partial charge on any atom is 0.333 e. The molecule has 104 valence electrons. The van der Waals surface area contributed by atoms with Crippen LogP contribution in [0.2, 0.25) is 0 Å². The molecular formula is C14H24O4. The van der Waals surface area contributed by atoms with E-state index in [0.29, 0.717) is 12.2 Å². The van der Waals surface area contributed by atoms with E-state index in [0.717, 1.165) is 19.3 Å². The average Bonchev–Trinajstić information content (AvgIpc) is 2.33. The molecule has 0 spiro atoms. The maximum atomic E-state index is 11.5. The van der Waals surface area contributed by atoms with Crippen molar-refractivity contribution in [2.24, 2.45) is 0 Å². The summed E-state index contributed by atoms with van der Waals surface area (Å²) < 4.78 is 5.06. The normalized spacial score (nSPS) is 15.7. The maximum absolute atomic E-state index is 11.5. The summed E-state index contributed by atoms with van der Waals surface area (Å²) in [7, 11) is 0. The highest BCUT2D eigenvalue weighted by atomic mass is 16.5. The molecule has 0 saturated carbocycles. The van der Waals surface area contributed by atoms with E-state index >= 15 is 0 Å². The van der Waals surface area contributed by atoms with Crippen LogP contribution < -0.4 is 0 Å². The number of unbranched alkanes of at least 4 members (excludes halogenated alkanes) is 2. The number of ether oxygens (including phenoxy) is 1. The largest absolute Gasteiger partial charge is 0.462 e. The van der Waals surface area contributed by atoms with E-state index in [1.165, 1.54) is 13.0 Å². The lowest BCUT2D eigenvalue weighted by atomic mass is 10.2. The summed E-state index contributed by atoms with van der Waals surface area (Å²) in [6, 6.07) is 0. The van der Waals surface area contributed by atoms with Crippen LogP contribution in [0.1, 0.15) is 40.0 Å². The summed E-state index contributed by atoms with van der Waals surface area (Å²) in [6.07, 6.45) is 5.81. The fraction of sp³-hybridized carbons (Fsp3) is 0.643. The van der Waals surface area contributed by atoms with Gasteiger partial charge in [0.15, 0.2) is 0 Å². The summed E-state index contributed by atoms with van der Waals surface area (Å²) in [6.45, 7) is 5.68. The Balaban J connectivity index is 4.04. The van der Waals surface area contributed by atoms with E-state index in [9.17, 15) is 9.90 Å². The third-order valence-electron chi connectivity index (χ3n) is 2.45. The van der Waals surface area contributed by atoms with Crippen molar-refractivity contribution in [3.05, 3.63) is 23.8 Å². The van der Waals surface area contributed by atoms with Crippen molar-refractivity contribution in [1.29, 1.82) is 0 Å². The third kappa shape index (κ3) is 8.03. The fourth-order valence-electron chi connectivity index (χ4n) is 1.17. The number of rotatable bonds is 8. The Morgan fingerprint density at radius 3 is 2.56 bits per heavy atom. The van der Waals surface area contributed by atoms with Crippen molar-refractivity contribution in [3.8, 4) is 0 Å². The lowest BCUT2D eigenvalue weighted by molar-refractivity contribution is -0.139. The second-order valence-corrected chi connectivity index (χ2v) is 4.31. The van der Waals surface area contributed by atoms with Crippen molar-refractivity contribution >= 4 is 5.97 Å². The SMILES string of the molecule is CCCCCOC(=O)/C(C)=C/C=C/[C@H](O)[C@H](C)O. The molecule has 2 N–H and O–H groups in total. The van der Waals surface area contributed by atoms with Crippen LogP contribution in [0.3, 0.4) is 0 Å². The molecule has 0 unspecified atom stereocenters. The molecule has 0 aromatic rings. The van der Waals surface area contributed by atoms with E-state index < -0.39 is 12.2 Å². The second-order valence-electron chi connectivity index (χ2n) is 4.31. The van der Waals surface area contributed by atoms with Gasteiger partial charge in [0.25, 0.3) is 0 Å². The van der Waals surface area contributed by atoms with Gasteiger partial charge in [-0.25, -0.2) is 4.79 Å². The Morgan fingerprint density at radius 1 is 1.33 bits per heavy atom. The number of aliphatic hydroxyl groups excluding tert-OH is 2. The topological polar surface area (TPSA) is 66.8 Å². The Morgan fingerprint density at radius 2 is 2.00 bits per heavy atom.